The number of hydrogen-bond acceptors (Lipinski definition) is 5. The number of imidazole rings is 1. The Morgan fingerprint density at radius 1 is 1.21 bits per heavy atom. The quantitative estimate of drug-likeness (QED) is 0.340. The molecule has 4 N–H and O–H groups in total. The number of anilines is 2. The van der Waals surface area contributed by atoms with Crippen LogP contribution in [0.25, 0.3) is 33.5 Å². The lowest BCUT2D eigenvalue weighted by atomic mass is 9.96. The molecule has 0 bridgehead atoms. The maximum absolute atomic E-state index is 14.4. The minimum atomic E-state index is -0.266. The molecule has 6 nitrogen and oxygen atoms in total. The second kappa shape index (κ2) is 9.24. The fourth-order valence-corrected chi connectivity index (χ4v) is 4.85. The van der Waals surface area contributed by atoms with Gasteiger partial charge in [0.1, 0.15) is 17.5 Å². The van der Waals surface area contributed by atoms with E-state index in [1.807, 2.05) is 44.3 Å². The fraction of sp³-hybridized carbons (Fsp3) is 0.308. The first kappa shape index (κ1) is 22.6. The summed E-state index contributed by atoms with van der Waals surface area (Å²) in [5, 5.41) is 4.03. The van der Waals surface area contributed by atoms with Gasteiger partial charge in [-0.25, -0.2) is 14.4 Å². The van der Waals surface area contributed by atoms with Gasteiger partial charge in [0.25, 0.3) is 0 Å². The van der Waals surface area contributed by atoms with Crippen LogP contribution in [0, 0.1) is 12.7 Å². The van der Waals surface area contributed by atoms with E-state index < -0.39 is 0 Å². The Bertz CT molecular complexity index is 1320. The minimum absolute atomic E-state index is 0.183. The molecule has 1 aliphatic heterocycles. The van der Waals surface area contributed by atoms with Crippen molar-refractivity contribution < 1.29 is 4.39 Å². The molecule has 5 rings (SSSR count). The predicted octanol–water partition coefficient (Wildman–Crippen LogP) is 5.75. The van der Waals surface area contributed by atoms with Gasteiger partial charge >= 0.3 is 0 Å². The van der Waals surface area contributed by atoms with Crippen LogP contribution in [0.1, 0.15) is 25.3 Å². The number of halogens is 2. The standard InChI is InChI=1S/C26H28ClFN6/c1-3-30-25-23(26-32-21-5-4-17(27)13-22(21)33-26)24(34-8-6-19(29)7-9-34)20(14-31-25)16-10-15(2)11-18(28)12-16/h4-5,10-14,19H,3,6-9,29H2,1-2H3,(H,30,31)(H,32,33). The number of nitrogens with two attached hydrogens (primary N) is 1. The average Bonchev–Trinajstić information content (AvgIpc) is 3.21. The van der Waals surface area contributed by atoms with Crippen LogP contribution < -0.4 is 16.0 Å². The third-order valence-corrected chi connectivity index (χ3v) is 6.52. The zero-order valence-electron chi connectivity index (χ0n) is 19.3. The van der Waals surface area contributed by atoms with Gasteiger partial charge in [-0.3, -0.25) is 0 Å². The van der Waals surface area contributed by atoms with Crippen LogP contribution in [-0.4, -0.2) is 40.6 Å². The van der Waals surface area contributed by atoms with Crippen LogP contribution in [0.15, 0.2) is 42.6 Å². The normalized spacial score (nSPS) is 14.7. The van der Waals surface area contributed by atoms with Crippen molar-refractivity contribution in [3.63, 3.8) is 0 Å². The van der Waals surface area contributed by atoms with E-state index in [0.717, 1.165) is 70.7 Å². The van der Waals surface area contributed by atoms with Crippen LogP contribution in [-0.2, 0) is 0 Å². The molecule has 176 valence electrons. The lowest BCUT2D eigenvalue weighted by molar-refractivity contribution is 0.501. The van der Waals surface area contributed by atoms with Gasteiger partial charge in [-0.05, 0) is 68.1 Å². The van der Waals surface area contributed by atoms with E-state index in [9.17, 15) is 4.39 Å². The van der Waals surface area contributed by atoms with Gasteiger partial charge in [-0.2, -0.15) is 0 Å². The molecule has 1 fully saturated rings. The molecule has 8 heteroatoms. The number of aromatic amines is 1. The number of pyridine rings is 1. The highest BCUT2D eigenvalue weighted by Gasteiger charge is 2.27. The SMILES string of the molecule is CCNc1ncc(-c2cc(C)cc(F)c2)c(N2CCC(N)CC2)c1-c1nc2cc(Cl)ccc2[nH]1. The Kier molecular flexibility index (Phi) is 6.15. The Hall–Kier alpha value is -3.16. The molecule has 0 amide bonds. The molecular formula is C26H28ClFN6. The van der Waals surface area contributed by atoms with E-state index in [1.165, 1.54) is 6.07 Å². The molecule has 1 aliphatic rings. The number of nitrogens with zero attached hydrogens (tertiary/aromatic N) is 3. The van der Waals surface area contributed by atoms with Gasteiger partial charge < -0.3 is 20.9 Å². The minimum Gasteiger partial charge on any atom is -0.370 e. The molecule has 0 spiro atoms. The van der Waals surface area contributed by atoms with E-state index in [4.69, 9.17) is 27.3 Å². The summed E-state index contributed by atoms with van der Waals surface area (Å²) in [6, 6.07) is 10.9. The van der Waals surface area contributed by atoms with Crippen molar-refractivity contribution in [2.24, 2.45) is 5.73 Å². The Balaban J connectivity index is 1.79. The van der Waals surface area contributed by atoms with Gasteiger partial charge in [-0.15, -0.1) is 0 Å². The van der Waals surface area contributed by atoms with Crippen molar-refractivity contribution in [2.75, 3.05) is 29.9 Å². The van der Waals surface area contributed by atoms with E-state index in [-0.39, 0.29) is 11.9 Å². The Morgan fingerprint density at radius 2 is 2.00 bits per heavy atom. The van der Waals surface area contributed by atoms with Gasteiger partial charge in [0.15, 0.2) is 0 Å². The Morgan fingerprint density at radius 3 is 2.74 bits per heavy atom. The monoisotopic (exact) mass is 478 g/mol. The molecule has 0 aliphatic carbocycles. The number of piperidine rings is 1. The first-order valence-electron chi connectivity index (χ1n) is 11.6. The topological polar surface area (TPSA) is 82.9 Å². The van der Waals surface area contributed by atoms with Gasteiger partial charge in [-0.1, -0.05) is 17.7 Å². The number of rotatable bonds is 5. The molecule has 0 unspecified atom stereocenters. The molecule has 4 aromatic rings. The molecule has 34 heavy (non-hydrogen) atoms. The number of nitrogens with one attached hydrogen (secondary N) is 2. The maximum atomic E-state index is 14.4. The van der Waals surface area contributed by atoms with Crippen LogP contribution in [0.4, 0.5) is 15.9 Å². The maximum Gasteiger partial charge on any atom is 0.144 e. The first-order chi connectivity index (χ1) is 16.4. The third kappa shape index (κ3) is 4.33. The zero-order chi connectivity index (χ0) is 23.8. The molecule has 2 aromatic heterocycles. The summed E-state index contributed by atoms with van der Waals surface area (Å²) in [6.07, 6.45) is 3.60. The van der Waals surface area contributed by atoms with Crippen LogP contribution >= 0.6 is 11.6 Å². The van der Waals surface area contributed by atoms with E-state index in [2.05, 4.69) is 15.2 Å². The molecule has 1 saturated heterocycles. The van der Waals surface area contributed by atoms with Crippen molar-refractivity contribution in [1.82, 2.24) is 15.0 Å². The summed E-state index contributed by atoms with van der Waals surface area (Å²) >= 11 is 6.22. The molecular weight excluding hydrogens is 451 g/mol. The van der Waals surface area contributed by atoms with Crippen molar-refractivity contribution >= 4 is 34.1 Å². The number of fused-ring (bicyclic) bond motifs is 1. The predicted molar refractivity (Wildman–Crippen MR) is 138 cm³/mol. The number of hydrogen-bond donors (Lipinski definition) is 3. The third-order valence-electron chi connectivity index (χ3n) is 6.29. The summed E-state index contributed by atoms with van der Waals surface area (Å²) in [5.74, 6) is 1.16. The summed E-state index contributed by atoms with van der Waals surface area (Å²) in [7, 11) is 0. The van der Waals surface area contributed by atoms with Crippen molar-refractivity contribution in [2.45, 2.75) is 32.7 Å². The van der Waals surface area contributed by atoms with E-state index in [0.29, 0.717) is 17.4 Å². The van der Waals surface area contributed by atoms with Gasteiger partial charge in [0, 0.05) is 42.5 Å². The lowest BCUT2D eigenvalue weighted by Gasteiger charge is -2.35. The summed E-state index contributed by atoms with van der Waals surface area (Å²) < 4.78 is 14.4. The average molecular weight is 479 g/mol. The Labute approximate surface area is 203 Å². The number of aromatic nitrogens is 3. The number of benzene rings is 2. The summed E-state index contributed by atoms with van der Waals surface area (Å²) in [5.41, 5.74) is 12.3. The summed E-state index contributed by atoms with van der Waals surface area (Å²) in [6.45, 7) is 6.24. The largest absolute Gasteiger partial charge is 0.370 e. The second-order valence-corrected chi connectivity index (χ2v) is 9.30. The molecule has 3 heterocycles. The molecule has 0 radical (unpaired) electrons. The van der Waals surface area contributed by atoms with E-state index >= 15 is 0 Å². The smallest absolute Gasteiger partial charge is 0.144 e. The van der Waals surface area contributed by atoms with Gasteiger partial charge in [0.2, 0.25) is 0 Å². The van der Waals surface area contributed by atoms with Crippen LogP contribution in [0.5, 0.6) is 0 Å². The first-order valence-corrected chi connectivity index (χ1v) is 12.0. The van der Waals surface area contributed by atoms with E-state index in [1.54, 1.807) is 6.07 Å². The molecule has 2 aromatic carbocycles. The summed E-state index contributed by atoms with van der Waals surface area (Å²) in [4.78, 5) is 15.4. The molecule has 0 saturated carbocycles. The van der Waals surface area contributed by atoms with Crippen LogP contribution in [0.2, 0.25) is 5.02 Å². The van der Waals surface area contributed by atoms with Gasteiger partial charge in [0.05, 0.1) is 22.3 Å². The van der Waals surface area contributed by atoms with Crippen molar-refractivity contribution in [3.8, 4) is 22.5 Å². The highest BCUT2D eigenvalue weighted by Crippen LogP contribution is 2.43. The fourth-order valence-electron chi connectivity index (χ4n) is 4.68. The zero-order valence-corrected chi connectivity index (χ0v) is 20.1. The van der Waals surface area contributed by atoms with Crippen molar-refractivity contribution in [1.29, 1.82) is 0 Å². The number of aryl methyl sites for hydroxylation is 1. The van der Waals surface area contributed by atoms with Crippen LogP contribution in [0.3, 0.4) is 0 Å². The highest BCUT2D eigenvalue weighted by molar-refractivity contribution is 6.31. The highest BCUT2D eigenvalue weighted by atomic mass is 35.5. The second-order valence-electron chi connectivity index (χ2n) is 8.86. The number of H-pyrrole nitrogens is 1. The lowest BCUT2D eigenvalue weighted by Crippen LogP contribution is -2.40. The van der Waals surface area contributed by atoms with Crippen molar-refractivity contribution in [3.05, 3.63) is 59.0 Å². The molecule has 0 atom stereocenters.